The normalized spacial score (nSPS) is 17.5. The Bertz CT molecular complexity index is 138. The number of aliphatic hydroxyl groups excluding tert-OH is 1. The maximum absolute atomic E-state index is 9.58. The zero-order valence-electron chi connectivity index (χ0n) is 8.80. The van der Waals surface area contributed by atoms with E-state index in [1.807, 2.05) is 6.08 Å². The van der Waals surface area contributed by atoms with Gasteiger partial charge in [0.2, 0.25) is 0 Å². The maximum atomic E-state index is 9.58. The van der Waals surface area contributed by atoms with E-state index >= 15 is 0 Å². The van der Waals surface area contributed by atoms with E-state index in [0.717, 1.165) is 6.42 Å². The molecule has 0 saturated heterocycles. The van der Waals surface area contributed by atoms with Crippen LogP contribution in [-0.4, -0.2) is 5.11 Å². The van der Waals surface area contributed by atoms with Crippen LogP contribution in [0.5, 0.6) is 0 Å². The summed E-state index contributed by atoms with van der Waals surface area (Å²) in [4.78, 5) is 0. The smallest absolute Gasteiger partial charge is 0.0913 e. The molecule has 1 nitrogen and oxygen atoms in total. The van der Waals surface area contributed by atoms with Gasteiger partial charge >= 0.3 is 0 Å². The lowest BCUT2D eigenvalue weighted by atomic mass is 10.00. The SMILES string of the molecule is CCCC(C)/C=C(/O)C(C)CC. The summed E-state index contributed by atoms with van der Waals surface area (Å²) in [5.74, 6) is 1.41. The fourth-order valence-electron chi connectivity index (χ4n) is 1.20. The fraction of sp³-hybridized carbons (Fsp3) is 0.818. The van der Waals surface area contributed by atoms with E-state index in [0.29, 0.717) is 17.6 Å². The van der Waals surface area contributed by atoms with Crippen molar-refractivity contribution in [3.8, 4) is 0 Å². The molecule has 0 spiro atoms. The first kappa shape index (κ1) is 11.5. The molecule has 0 rings (SSSR count). The average molecular weight is 170 g/mol. The van der Waals surface area contributed by atoms with Crippen molar-refractivity contribution in [3.05, 3.63) is 11.8 Å². The molecule has 0 amide bonds. The lowest BCUT2D eigenvalue weighted by Crippen LogP contribution is -2.00. The van der Waals surface area contributed by atoms with Crippen LogP contribution in [0.4, 0.5) is 0 Å². The van der Waals surface area contributed by atoms with Crippen molar-refractivity contribution >= 4 is 0 Å². The summed E-state index contributed by atoms with van der Waals surface area (Å²) in [5, 5.41) is 9.58. The second-order valence-corrected chi connectivity index (χ2v) is 3.67. The van der Waals surface area contributed by atoms with Gasteiger partial charge in [-0.1, -0.05) is 34.1 Å². The van der Waals surface area contributed by atoms with Gasteiger partial charge in [0.15, 0.2) is 0 Å². The van der Waals surface area contributed by atoms with Crippen LogP contribution < -0.4 is 0 Å². The molecule has 1 N–H and O–H groups in total. The maximum Gasteiger partial charge on any atom is 0.0913 e. The molecule has 0 radical (unpaired) electrons. The largest absolute Gasteiger partial charge is 0.512 e. The van der Waals surface area contributed by atoms with Gasteiger partial charge in [0.25, 0.3) is 0 Å². The highest BCUT2D eigenvalue weighted by molar-refractivity contribution is 4.97. The molecule has 0 aromatic carbocycles. The first-order chi connectivity index (χ1) is 5.61. The van der Waals surface area contributed by atoms with Gasteiger partial charge in [0, 0.05) is 5.92 Å². The van der Waals surface area contributed by atoms with E-state index in [1.165, 1.54) is 12.8 Å². The number of rotatable bonds is 5. The minimum atomic E-state index is 0.323. The number of hydrogen-bond acceptors (Lipinski definition) is 1. The third-order valence-electron chi connectivity index (χ3n) is 2.32. The number of hydrogen-bond donors (Lipinski definition) is 1. The highest BCUT2D eigenvalue weighted by atomic mass is 16.3. The first-order valence-electron chi connectivity index (χ1n) is 5.02. The van der Waals surface area contributed by atoms with Gasteiger partial charge < -0.3 is 5.11 Å². The second kappa shape index (κ2) is 6.10. The van der Waals surface area contributed by atoms with Gasteiger partial charge in [-0.25, -0.2) is 0 Å². The van der Waals surface area contributed by atoms with Gasteiger partial charge in [-0.2, -0.15) is 0 Å². The lowest BCUT2D eigenvalue weighted by molar-refractivity contribution is 0.329. The molecule has 0 aliphatic rings. The second-order valence-electron chi connectivity index (χ2n) is 3.67. The molecule has 2 atom stereocenters. The molecule has 0 bridgehead atoms. The summed E-state index contributed by atoms with van der Waals surface area (Å²) in [6, 6.07) is 0. The predicted octanol–water partition coefficient (Wildman–Crippen LogP) is 3.91. The Kier molecular flexibility index (Phi) is 5.87. The fourth-order valence-corrected chi connectivity index (χ4v) is 1.20. The van der Waals surface area contributed by atoms with Gasteiger partial charge in [0.05, 0.1) is 5.76 Å². The summed E-state index contributed by atoms with van der Waals surface area (Å²) in [5.41, 5.74) is 0. The van der Waals surface area contributed by atoms with Crippen molar-refractivity contribution < 1.29 is 5.11 Å². The van der Waals surface area contributed by atoms with Gasteiger partial charge in [-0.3, -0.25) is 0 Å². The Morgan fingerprint density at radius 3 is 2.33 bits per heavy atom. The number of allylic oxidation sites excluding steroid dienone is 2. The van der Waals surface area contributed by atoms with E-state index < -0.39 is 0 Å². The molecule has 72 valence electrons. The van der Waals surface area contributed by atoms with Crippen LogP contribution >= 0.6 is 0 Å². The lowest BCUT2D eigenvalue weighted by Gasteiger charge is -2.10. The van der Waals surface area contributed by atoms with Gasteiger partial charge in [-0.05, 0) is 24.8 Å². The van der Waals surface area contributed by atoms with Crippen molar-refractivity contribution in [1.29, 1.82) is 0 Å². The molecular formula is C11H22O. The van der Waals surface area contributed by atoms with Gasteiger partial charge in [0.1, 0.15) is 0 Å². The van der Waals surface area contributed by atoms with Crippen LogP contribution in [0.1, 0.15) is 47.0 Å². The number of aliphatic hydroxyl groups is 1. The topological polar surface area (TPSA) is 20.2 Å². The summed E-state index contributed by atoms with van der Waals surface area (Å²) < 4.78 is 0. The molecule has 2 unspecified atom stereocenters. The van der Waals surface area contributed by atoms with Crippen molar-refractivity contribution in [2.24, 2.45) is 11.8 Å². The Hall–Kier alpha value is -0.460. The Balaban J connectivity index is 3.96. The Morgan fingerprint density at radius 2 is 1.92 bits per heavy atom. The highest BCUT2D eigenvalue weighted by Crippen LogP contribution is 2.15. The van der Waals surface area contributed by atoms with E-state index in [-0.39, 0.29) is 0 Å². The van der Waals surface area contributed by atoms with Crippen molar-refractivity contribution in [3.63, 3.8) is 0 Å². The zero-order chi connectivity index (χ0) is 9.56. The van der Waals surface area contributed by atoms with Crippen molar-refractivity contribution in [1.82, 2.24) is 0 Å². The monoisotopic (exact) mass is 170 g/mol. The minimum absolute atomic E-state index is 0.323. The molecular weight excluding hydrogens is 148 g/mol. The summed E-state index contributed by atoms with van der Waals surface area (Å²) >= 11 is 0. The molecule has 0 aromatic heterocycles. The van der Waals surface area contributed by atoms with Crippen LogP contribution in [0.15, 0.2) is 11.8 Å². The quantitative estimate of drug-likeness (QED) is 0.620. The minimum Gasteiger partial charge on any atom is -0.512 e. The van der Waals surface area contributed by atoms with Crippen LogP contribution in [0.25, 0.3) is 0 Å². The summed E-state index contributed by atoms with van der Waals surface area (Å²) in [7, 11) is 0. The van der Waals surface area contributed by atoms with Crippen LogP contribution in [0, 0.1) is 11.8 Å². The molecule has 0 heterocycles. The van der Waals surface area contributed by atoms with Crippen LogP contribution in [0.3, 0.4) is 0 Å². The molecule has 12 heavy (non-hydrogen) atoms. The first-order valence-corrected chi connectivity index (χ1v) is 5.02. The van der Waals surface area contributed by atoms with E-state index in [1.54, 1.807) is 0 Å². The van der Waals surface area contributed by atoms with Gasteiger partial charge in [-0.15, -0.1) is 0 Å². The molecule has 0 aliphatic carbocycles. The third-order valence-corrected chi connectivity index (χ3v) is 2.32. The standard InChI is InChI=1S/C11H22O/c1-5-7-9(3)8-11(12)10(4)6-2/h8-10,12H,5-7H2,1-4H3/b11-8+. The van der Waals surface area contributed by atoms with E-state index in [2.05, 4.69) is 27.7 Å². The van der Waals surface area contributed by atoms with Crippen molar-refractivity contribution in [2.45, 2.75) is 47.0 Å². The van der Waals surface area contributed by atoms with Crippen molar-refractivity contribution in [2.75, 3.05) is 0 Å². The van der Waals surface area contributed by atoms with Crippen LogP contribution in [0.2, 0.25) is 0 Å². The van der Waals surface area contributed by atoms with E-state index in [4.69, 9.17) is 0 Å². The highest BCUT2D eigenvalue weighted by Gasteiger charge is 2.05. The molecule has 0 aliphatic heterocycles. The van der Waals surface area contributed by atoms with Crippen LogP contribution in [-0.2, 0) is 0 Å². The Morgan fingerprint density at radius 1 is 1.33 bits per heavy atom. The predicted molar refractivity (Wildman–Crippen MR) is 54.2 cm³/mol. The molecule has 1 heteroatoms. The summed E-state index contributed by atoms with van der Waals surface area (Å²) in [6.07, 6.45) is 5.37. The molecule has 0 aromatic rings. The Labute approximate surface area is 76.5 Å². The molecule has 0 fully saturated rings. The van der Waals surface area contributed by atoms with E-state index in [9.17, 15) is 5.11 Å². The summed E-state index contributed by atoms with van der Waals surface area (Å²) in [6.45, 7) is 8.48. The zero-order valence-corrected chi connectivity index (χ0v) is 8.80. The average Bonchev–Trinajstić information content (AvgIpc) is 2.03. The third kappa shape index (κ3) is 4.42. The molecule has 0 saturated carbocycles.